The molecule has 3 rings (SSSR count). The van der Waals surface area contributed by atoms with Crippen molar-refractivity contribution in [2.24, 2.45) is 11.8 Å². The molecule has 1 aliphatic heterocycles. The lowest BCUT2D eigenvalue weighted by atomic mass is 9.92. The topological polar surface area (TPSA) is 79.4 Å². The van der Waals surface area contributed by atoms with Crippen LogP contribution in [0.5, 0.6) is 5.75 Å². The maximum absolute atomic E-state index is 12.2. The SMILES string of the molecule is COc1ccccc1NC(=O)Nc1nnc(N2CC(C)CC(C)C2)s1. The summed E-state index contributed by atoms with van der Waals surface area (Å²) in [5, 5.41) is 15.2. The quantitative estimate of drug-likeness (QED) is 0.868. The van der Waals surface area contributed by atoms with Gasteiger partial charge in [0.05, 0.1) is 12.8 Å². The van der Waals surface area contributed by atoms with Gasteiger partial charge in [0.15, 0.2) is 0 Å². The van der Waals surface area contributed by atoms with Crippen LogP contribution in [0, 0.1) is 11.8 Å². The van der Waals surface area contributed by atoms with Gasteiger partial charge in [-0.3, -0.25) is 5.32 Å². The Morgan fingerprint density at radius 3 is 2.64 bits per heavy atom. The molecule has 0 bridgehead atoms. The standard InChI is InChI=1S/C17H23N5O2S/c1-11-8-12(2)10-22(9-11)17-21-20-16(25-17)19-15(23)18-13-6-4-5-7-14(13)24-3/h4-7,11-12H,8-10H2,1-3H3,(H2,18,19,20,23). The highest BCUT2D eigenvalue weighted by atomic mass is 32.1. The smallest absolute Gasteiger partial charge is 0.325 e. The molecule has 1 fully saturated rings. The van der Waals surface area contributed by atoms with Gasteiger partial charge in [-0.15, -0.1) is 10.2 Å². The Morgan fingerprint density at radius 1 is 1.20 bits per heavy atom. The second kappa shape index (κ2) is 7.69. The van der Waals surface area contributed by atoms with Crippen molar-refractivity contribution in [3.63, 3.8) is 0 Å². The number of amides is 2. The Balaban J connectivity index is 1.62. The number of carbonyl (C=O) groups excluding carboxylic acids is 1. The predicted octanol–water partition coefficient (Wildman–Crippen LogP) is 3.67. The fourth-order valence-corrected chi connectivity index (χ4v) is 3.97. The number of hydrogen-bond acceptors (Lipinski definition) is 6. The number of aromatic nitrogens is 2. The summed E-state index contributed by atoms with van der Waals surface area (Å²) in [4.78, 5) is 14.4. The zero-order chi connectivity index (χ0) is 17.8. The molecular weight excluding hydrogens is 338 g/mol. The maximum Gasteiger partial charge on any atom is 0.325 e. The van der Waals surface area contributed by atoms with E-state index < -0.39 is 0 Å². The molecular formula is C17H23N5O2S. The zero-order valence-corrected chi connectivity index (χ0v) is 15.5. The van der Waals surface area contributed by atoms with E-state index >= 15 is 0 Å². The molecule has 2 amide bonds. The van der Waals surface area contributed by atoms with Crippen molar-refractivity contribution >= 4 is 33.3 Å². The molecule has 134 valence electrons. The number of nitrogens with zero attached hydrogens (tertiary/aromatic N) is 3. The lowest BCUT2D eigenvalue weighted by Crippen LogP contribution is -2.38. The van der Waals surface area contributed by atoms with Crippen LogP contribution >= 0.6 is 11.3 Å². The summed E-state index contributed by atoms with van der Waals surface area (Å²) in [5.74, 6) is 1.88. The first kappa shape index (κ1) is 17.5. The first-order valence-corrected chi connectivity index (χ1v) is 9.16. The highest BCUT2D eigenvalue weighted by Crippen LogP contribution is 2.30. The summed E-state index contributed by atoms with van der Waals surface area (Å²) in [7, 11) is 1.57. The highest BCUT2D eigenvalue weighted by Gasteiger charge is 2.24. The first-order valence-electron chi connectivity index (χ1n) is 8.34. The Labute approximate surface area is 151 Å². The van der Waals surface area contributed by atoms with Gasteiger partial charge in [-0.1, -0.05) is 37.3 Å². The van der Waals surface area contributed by atoms with Gasteiger partial charge < -0.3 is 15.0 Å². The van der Waals surface area contributed by atoms with E-state index in [0.29, 0.717) is 28.4 Å². The molecule has 1 aromatic carbocycles. The molecule has 0 spiro atoms. The molecule has 2 heterocycles. The minimum absolute atomic E-state index is 0.368. The normalized spacial score (nSPS) is 20.2. The van der Waals surface area contributed by atoms with E-state index in [1.165, 1.54) is 17.8 Å². The van der Waals surface area contributed by atoms with E-state index in [1.54, 1.807) is 19.2 Å². The lowest BCUT2D eigenvalue weighted by molar-refractivity contribution is 0.262. The second-order valence-electron chi connectivity index (χ2n) is 6.52. The maximum atomic E-state index is 12.2. The number of para-hydroxylation sites is 2. The molecule has 0 radical (unpaired) electrons. The van der Waals surface area contributed by atoms with E-state index in [0.717, 1.165) is 18.2 Å². The third kappa shape index (κ3) is 4.39. The number of rotatable bonds is 4. The van der Waals surface area contributed by atoms with Crippen LogP contribution < -0.4 is 20.3 Å². The van der Waals surface area contributed by atoms with E-state index in [1.807, 2.05) is 12.1 Å². The van der Waals surface area contributed by atoms with Crippen LogP contribution in [0.25, 0.3) is 0 Å². The summed E-state index contributed by atoms with van der Waals surface area (Å²) in [5.41, 5.74) is 0.603. The van der Waals surface area contributed by atoms with Gasteiger partial charge >= 0.3 is 6.03 Å². The first-order chi connectivity index (χ1) is 12.0. The zero-order valence-electron chi connectivity index (χ0n) is 14.7. The van der Waals surface area contributed by atoms with Gasteiger partial charge in [-0.05, 0) is 30.4 Å². The summed E-state index contributed by atoms with van der Waals surface area (Å²) in [6.07, 6.45) is 1.24. The molecule has 7 nitrogen and oxygen atoms in total. The van der Waals surface area contributed by atoms with E-state index in [-0.39, 0.29) is 6.03 Å². The summed E-state index contributed by atoms with van der Waals surface area (Å²) < 4.78 is 5.23. The number of benzene rings is 1. The molecule has 25 heavy (non-hydrogen) atoms. The van der Waals surface area contributed by atoms with Gasteiger partial charge in [0.1, 0.15) is 5.75 Å². The molecule has 1 aromatic heterocycles. The molecule has 0 aliphatic carbocycles. The van der Waals surface area contributed by atoms with Crippen molar-refractivity contribution in [1.82, 2.24) is 10.2 Å². The van der Waals surface area contributed by atoms with Crippen LogP contribution in [0.15, 0.2) is 24.3 Å². The van der Waals surface area contributed by atoms with Gasteiger partial charge in [0.25, 0.3) is 0 Å². The number of carbonyl (C=O) groups is 1. The van der Waals surface area contributed by atoms with Crippen LogP contribution in [-0.2, 0) is 0 Å². The molecule has 0 saturated carbocycles. The van der Waals surface area contributed by atoms with Crippen LogP contribution in [0.3, 0.4) is 0 Å². The monoisotopic (exact) mass is 361 g/mol. The number of nitrogens with one attached hydrogen (secondary N) is 2. The largest absolute Gasteiger partial charge is 0.495 e. The highest BCUT2D eigenvalue weighted by molar-refractivity contribution is 7.19. The Morgan fingerprint density at radius 2 is 1.92 bits per heavy atom. The fourth-order valence-electron chi connectivity index (χ4n) is 3.21. The minimum atomic E-state index is -0.368. The van der Waals surface area contributed by atoms with Crippen LogP contribution in [0.2, 0.25) is 0 Å². The van der Waals surface area contributed by atoms with Crippen molar-refractivity contribution < 1.29 is 9.53 Å². The number of piperidine rings is 1. The summed E-state index contributed by atoms with van der Waals surface area (Å²) in [6, 6.07) is 6.88. The summed E-state index contributed by atoms with van der Waals surface area (Å²) >= 11 is 1.39. The molecule has 2 atom stereocenters. The molecule has 2 aromatic rings. The number of methoxy groups -OCH3 is 1. The van der Waals surface area contributed by atoms with E-state index in [4.69, 9.17) is 4.74 Å². The van der Waals surface area contributed by atoms with Crippen molar-refractivity contribution in [3.05, 3.63) is 24.3 Å². The van der Waals surface area contributed by atoms with Crippen LogP contribution in [0.4, 0.5) is 20.7 Å². The van der Waals surface area contributed by atoms with E-state index in [9.17, 15) is 4.79 Å². The third-order valence-corrected chi connectivity index (χ3v) is 5.03. The van der Waals surface area contributed by atoms with Crippen molar-refractivity contribution in [1.29, 1.82) is 0 Å². The van der Waals surface area contributed by atoms with Gasteiger partial charge in [0.2, 0.25) is 10.3 Å². The average Bonchev–Trinajstić information content (AvgIpc) is 3.03. The van der Waals surface area contributed by atoms with Gasteiger partial charge in [-0.25, -0.2) is 4.79 Å². The molecule has 1 aliphatic rings. The average molecular weight is 361 g/mol. The lowest BCUT2D eigenvalue weighted by Gasteiger charge is -2.34. The van der Waals surface area contributed by atoms with Gasteiger partial charge in [-0.2, -0.15) is 0 Å². The fraction of sp³-hybridized carbons (Fsp3) is 0.471. The Bertz CT molecular complexity index is 725. The number of ether oxygens (including phenoxy) is 1. The number of hydrogen-bond donors (Lipinski definition) is 2. The molecule has 1 saturated heterocycles. The third-order valence-electron chi connectivity index (χ3n) is 4.13. The van der Waals surface area contributed by atoms with Crippen molar-refractivity contribution in [2.75, 3.05) is 35.7 Å². The van der Waals surface area contributed by atoms with Gasteiger partial charge in [0, 0.05) is 13.1 Å². The molecule has 2 N–H and O–H groups in total. The van der Waals surface area contributed by atoms with Crippen molar-refractivity contribution in [2.45, 2.75) is 20.3 Å². The van der Waals surface area contributed by atoms with Crippen LogP contribution in [-0.4, -0.2) is 36.4 Å². The molecule has 2 unspecified atom stereocenters. The van der Waals surface area contributed by atoms with Crippen molar-refractivity contribution in [3.8, 4) is 5.75 Å². The summed E-state index contributed by atoms with van der Waals surface area (Å²) in [6.45, 7) is 6.46. The molecule has 8 heteroatoms. The second-order valence-corrected chi connectivity index (χ2v) is 7.48. The van der Waals surface area contributed by atoms with E-state index in [2.05, 4.69) is 39.6 Å². The number of anilines is 3. The number of urea groups is 1. The predicted molar refractivity (Wildman–Crippen MR) is 101 cm³/mol. The Hall–Kier alpha value is -2.35. The Kier molecular flexibility index (Phi) is 5.37. The van der Waals surface area contributed by atoms with Crippen LogP contribution in [0.1, 0.15) is 20.3 Å². The minimum Gasteiger partial charge on any atom is -0.495 e.